The number of halogens is 24. The number of rotatable bonds is 6. The zero-order valence-electron chi connectivity index (χ0n) is 30.5. The van der Waals surface area contributed by atoms with Crippen molar-refractivity contribution in [3.8, 4) is 0 Å². The van der Waals surface area contributed by atoms with E-state index in [9.17, 15) is 70.2 Å². The Labute approximate surface area is 347 Å². The molecule has 0 saturated heterocycles. The van der Waals surface area contributed by atoms with Gasteiger partial charge in [0.15, 0.2) is 46.5 Å². The predicted molar refractivity (Wildman–Crippen MR) is 179 cm³/mol. The van der Waals surface area contributed by atoms with Crippen molar-refractivity contribution in [2.75, 3.05) is 0 Å². The van der Waals surface area contributed by atoms with E-state index in [1.807, 2.05) is 0 Å². The monoisotopic (exact) mass is 976 g/mol. The van der Waals surface area contributed by atoms with Crippen molar-refractivity contribution in [1.82, 2.24) is 0 Å². The highest BCUT2D eigenvalue weighted by molar-refractivity contribution is 6.34. The average Bonchev–Trinajstić information content (AvgIpc) is 4.07. The maximum Gasteiger partial charge on any atom is 0.460 e. The Hall–Kier alpha value is -6.64. The van der Waals surface area contributed by atoms with Crippen LogP contribution >= 0.6 is 0 Å². The molecule has 0 fully saturated rings. The average molecular weight is 976 g/mol. The number of aliphatic imine (C=N–C) groups is 4. The number of hydrogen-bond acceptors (Lipinski definition) is 4. The SMILES string of the molecule is Fc1c(F)c(F)c(C2=C3C=CC(=N3)C(C(F)(F)C(F)(F)C(F)(F)F)=C3C=CC(=N3)C(c3c(F)c(F)c(F)c(F)c3F)=C3C=CC(=N3)C(C(F)(F)C(F)(F)C(F)(F)F)=C3C=CC2=N3)c(F)c1F. The zero-order valence-corrected chi connectivity index (χ0v) is 30.5. The van der Waals surface area contributed by atoms with Crippen LogP contribution in [-0.2, 0) is 0 Å². The van der Waals surface area contributed by atoms with Crippen molar-refractivity contribution in [1.29, 1.82) is 0 Å². The Morgan fingerprint density at radius 2 is 0.500 bits per heavy atom. The molecule has 28 heteroatoms. The van der Waals surface area contributed by atoms with E-state index in [0.717, 1.165) is 0 Å². The Bertz CT molecular complexity index is 2720. The number of benzene rings is 2. The summed E-state index contributed by atoms with van der Waals surface area (Å²) in [7, 11) is 0. The summed E-state index contributed by atoms with van der Waals surface area (Å²) in [6.45, 7) is 0. The molecule has 2 aromatic rings. The van der Waals surface area contributed by atoms with Crippen LogP contribution in [0.2, 0.25) is 0 Å². The Kier molecular flexibility index (Phi) is 10.7. The highest BCUT2D eigenvalue weighted by Crippen LogP contribution is 2.54. The molecular formula is C38H8F24N4. The van der Waals surface area contributed by atoms with Gasteiger partial charge in [0.05, 0.1) is 67.9 Å². The summed E-state index contributed by atoms with van der Waals surface area (Å²) >= 11 is 0. The topological polar surface area (TPSA) is 49.4 Å². The van der Waals surface area contributed by atoms with Crippen LogP contribution in [0.4, 0.5) is 105 Å². The molecule has 66 heavy (non-hydrogen) atoms. The van der Waals surface area contributed by atoms with Gasteiger partial charge in [0.1, 0.15) is 0 Å². The fourth-order valence-electron chi connectivity index (χ4n) is 6.56. The molecule has 0 radical (unpaired) electrons. The van der Waals surface area contributed by atoms with Gasteiger partial charge >= 0.3 is 36.0 Å². The van der Waals surface area contributed by atoms with Crippen LogP contribution in [0, 0.1) is 58.2 Å². The van der Waals surface area contributed by atoms with Crippen LogP contribution < -0.4 is 0 Å². The van der Waals surface area contributed by atoms with Gasteiger partial charge in [-0.3, -0.25) is 0 Å². The van der Waals surface area contributed by atoms with E-state index in [1.54, 1.807) is 0 Å². The maximum absolute atomic E-state index is 15.9. The standard InChI is InChI=1S/C38H8F24N4/c39-23-19(24(40)28(44)31(47)27(23)43)17-9-1-5-13(63-9)21(33(49,50)35(53,54)37(57,58)59)14-7-3-11(65-14)18(20-25(41)29(45)32(48)30(46)26(20)42)12-4-8-16(66-12)22(15-6-2-10(17)64-15)34(51,52)36(55,56)38(60,61)62/h1-8H. The number of nitrogens with zero attached hydrogens (tertiary/aromatic N) is 4. The molecule has 0 N–H and O–H groups in total. The summed E-state index contributed by atoms with van der Waals surface area (Å²) in [4.78, 5) is 13.0. The Morgan fingerprint density at radius 3 is 0.773 bits per heavy atom. The second kappa shape index (κ2) is 14.9. The molecule has 0 aliphatic carbocycles. The van der Waals surface area contributed by atoms with E-state index in [0.29, 0.717) is 0 Å². The van der Waals surface area contributed by atoms with Gasteiger partial charge in [-0.25, -0.2) is 63.9 Å². The van der Waals surface area contributed by atoms with E-state index < -0.39 is 173 Å². The fourth-order valence-corrected chi connectivity index (χ4v) is 6.56. The van der Waals surface area contributed by atoms with Gasteiger partial charge in [-0.15, -0.1) is 0 Å². The van der Waals surface area contributed by atoms with Crippen molar-refractivity contribution in [2.45, 2.75) is 36.0 Å². The summed E-state index contributed by atoms with van der Waals surface area (Å²) in [6.07, 6.45) is -14.3. The van der Waals surface area contributed by atoms with Crippen LogP contribution in [0.5, 0.6) is 0 Å². The van der Waals surface area contributed by atoms with E-state index in [2.05, 4.69) is 20.0 Å². The van der Waals surface area contributed by atoms with E-state index >= 15 is 35.1 Å². The molecule has 7 rings (SSSR count). The van der Waals surface area contributed by atoms with Gasteiger partial charge in [0, 0.05) is 11.1 Å². The minimum Gasteiger partial charge on any atom is -0.248 e. The number of hydrogen-bond donors (Lipinski definition) is 0. The van der Waals surface area contributed by atoms with Crippen LogP contribution in [0.1, 0.15) is 11.1 Å². The molecule has 0 aromatic heterocycles. The normalized spacial score (nSPS) is 18.2. The molecular weight excluding hydrogens is 968 g/mol. The van der Waals surface area contributed by atoms with Crippen LogP contribution in [0.25, 0.3) is 11.1 Å². The summed E-state index contributed by atoms with van der Waals surface area (Å²) in [5, 5.41) is 0. The second-order valence-electron chi connectivity index (χ2n) is 13.5. The third-order valence-corrected chi connectivity index (χ3v) is 9.66. The van der Waals surface area contributed by atoms with Crippen molar-refractivity contribution in [3.63, 3.8) is 0 Å². The van der Waals surface area contributed by atoms with Crippen molar-refractivity contribution >= 4 is 34.0 Å². The molecule has 8 bridgehead atoms. The van der Waals surface area contributed by atoms with Gasteiger partial charge in [-0.05, 0) is 48.6 Å². The summed E-state index contributed by atoms with van der Waals surface area (Å²) in [5.74, 6) is -57.0. The number of allylic oxidation sites excluding steroid dienone is 12. The lowest BCUT2D eigenvalue weighted by Gasteiger charge is -2.30. The summed E-state index contributed by atoms with van der Waals surface area (Å²) < 4.78 is 354. The molecule has 5 aliphatic rings. The van der Waals surface area contributed by atoms with E-state index in [1.165, 1.54) is 0 Å². The number of fused-ring (bicyclic) bond motifs is 4. The first-order valence-corrected chi connectivity index (χ1v) is 17.0. The first-order chi connectivity index (χ1) is 30.2. The molecule has 0 amide bonds. The first kappa shape index (κ1) is 47.3. The maximum atomic E-state index is 15.9. The minimum atomic E-state index is -7.24. The fraction of sp³-hybridized carbons (Fsp3) is 0.158. The first-order valence-electron chi connectivity index (χ1n) is 17.0. The molecule has 0 atom stereocenters. The molecule has 0 saturated carbocycles. The van der Waals surface area contributed by atoms with E-state index in [-0.39, 0.29) is 48.6 Å². The van der Waals surface area contributed by atoms with Crippen LogP contribution in [0.3, 0.4) is 0 Å². The highest BCUT2D eigenvalue weighted by atomic mass is 19.4. The lowest BCUT2D eigenvalue weighted by atomic mass is 9.95. The molecule has 5 heterocycles. The van der Waals surface area contributed by atoms with Gasteiger partial charge in [0.25, 0.3) is 0 Å². The quantitative estimate of drug-likeness (QED) is 0.157. The van der Waals surface area contributed by atoms with Crippen LogP contribution in [-0.4, -0.2) is 58.9 Å². The molecule has 348 valence electrons. The second-order valence-corrected chi connectivity index (χ2v) is 13.5. The van der Waals surface area contributed by atoms with Crippen molar-refractivity contribution < 1.29 is 105 Å². The van der Waals surface area contributed by atoms with Gasteiger partial charge in [0.2, 0.25) is 11.6 Å². The van der Waals surface area contributed by atoms with E-state index in [4.69, 9.17) is 0 Å². The van der Waals surface area contributed by atoms with Gasteiger partial charge < -0.3 is 0 Å². The molecule has 0 spiro atoms. The van der Waals surface area contributed by atoms with Gasteiger partial charge in [-0.2, -0.15) is 61.5 Å². The Balaban J connectivity index is 1.72. The highest BCUT2D eigenvalue weighted by Gasteiger charge is 2.76. The largest absolute Gasteiger partial charge is 0.460 e. The van der Waals surface area contributed by atoms with Crippen molar-refractivity contribution in [3.05, 3.63) is 152 Å². The van der Waals surface area contributed by atoms with Crippen molar-refractivity contribution in [2.24, 2.45) is 20.0 Å². The number of alkyl halides is 14. The minimum absolute atomic E-state index is 0.0394. The Morgan fingerprint density at radius 1 is 0.273 bits per heavy atom. The molecule has 5 aliphatic heterocycles. The lowest BCUT2D eigenvalue weighted by Crippen LogP contribution is -2.54. The summed E-state index contributed by atoms with van der Waals surface area (Å²) in [5.41, 5.74) is -27.9. The molecule has 4 nitrogen and oxygen atoms in total. The van der Waals surface area contributed by atoms with Crippen LogP contribution in [0.15, 0.2) is 103 Å². The smallest absolute Gasteiger partial charge is 0.248 e. The van der Waals surface area contributed by atoms with Gasteiger partial charge in [-0.1, -0.05) is 0 Å². The third kappa shape index (κ3) is 6.66. The molecule has 0 unspecified atom stereocenters. The predicted octanol–water partition coefficient (Wildman–Crippen LogP) is 12.4. The third-order valence-electron chi connectivity index (χ3n) is 9.66. The zero-order chi connectivity index (χ0) is 49.3. The molecule has 2 aromatic carbocycles. The summed E-state index contributed by atoms with van der Waals surface area (Å²) in [6, 6.07) is 0. The lowest BCUT2D eigenvalue weighted by molar-refractivity contribution is -0.343.